The van der Waals surface area contributed by atoms with Crippen molar-refractivity contribution in [1.82, 2.24) is 0 Å². The van der Waals surface area contributed by atoms with Crippen LogP contribution in [-0.2, 0) is 0 Å². The molecule has 20 heavy (non-hydrogen) atoms. The largest absolute Gasteiger partial charge is 0.497 e. The smallest absolute Gasteiger partial charge is 0.134 e. The predicted molar refractivity (Wildman–Crippen MR) is 71.9 cm³/mol. The molecule has 2 N–H and O–H groups in total. The number of hydrogen-bond acceptors (Lipinski definition) is 3. The molecule has 2 aromatic rings. The summed E-state index contributed by atoms with van der Waals surface area (Å²) < 4.78 is 38.0. The van der Waals surface area contributed by atoms with E-state index in [1.807, 2.05) is 0 Å². The number of rotatable bonds is 4. The summed E-state index contributed by atoms with van der Waals surface area (Å²) in [6, 6.07) is 8.10. The lowest BCUT2D eigenvalue weighted by molar-refractivity contribution is 0.401. The van der Waals surface area contributed by atoms with E-state index in [4.69, 9.17) is 15.2 Å². The zero-order valence-electron chi connectivity index (χ0n) is 11.2. The number of benzene rings is 2. The highest BCUT2D eigenvalue weighted by Gasteiger charge is 2.22. The van der Waals surface area contributed by atoms with Crippen LogP contribution in [0.3, 0.4) is 0 Å². The minimum Gasteiger partial charge on any atom is -0.497 e. The van der Waals surface area contributed by atoms with Gasteiger partial charge in [-0.1, -0.05) is 18.2 Å². The number of ether oxygens (including phenoxy) is 2. The van der Waals surface area contributed by atoms with E-state index in [0.717, 1.165) is 12.1 Å². The van der Waals surface area contributed by atoms with Gasteiger partial charge in [0.15, 0.2) is 0 Å². The highest BCUT2D eigenvalue weighted by molar-refractivity contribution is 5.43. The molecule has 0 radical (unpaired) electrons. The fourth-order valence-corrected chi connectivity index (χ4v) is 2.05. The summed E-state index contributed by atoms with van der Waals surface area (Å²) in [5.74, 6) is -0.911. The first-order valence-corrected chi connectivity index (χ1v) is 6.00. The lowest BCUT2D eigenvalue weighted by Gasteiger charge is -2.17. The summed E-state index contributed by atoms with van der Waals surface area (Å²) in [6.07, 6.45) is 0. The van der Waals surface area contributed by atoms with Crippen molar-refractivity contribution in [3.8, 4) is 11.5 Å². The van der Waals surface area contributed by atoms with Gasteiger partial charge in [-0.25, -0.2) is 8.78 Å². The highest BCUT2D eigenvalue weighted by atomic mass is 19.1. The normalized spacial score (nSPS) is 12.1. The summed E-state index contributed by atoms with van der Waals surface area (Å²) in [7, 11) is 2.82. The highest BCUT2D eigenvalue weighted by Crippen LogP contribution is 2.32. The Balaban J connectivity index is 2.51. The van der Waals surface area contributed by atoms with Crippen LogP contribution in [0, 0.1) is 11.6 Å². The van der Waals surface area contributed by atoms with Crippen molar-refractivity contribution in [2.45, 2.75) is 6.04 Å². The van der Waals surface area contributed by atoms with Crippen molar-refractivity contribution in [3.05, 3.63) is 59.2 Å². The molecule has 0 fully saturated rings. The first kappa shape index (κ1) is 14.3. The van der Waals surface area contributed by atoms with E-state index in [0.29, 0.717) is 11.3 Å². The van der Waals surface area contributed by atoms with Crippen LogP contribution >= 0.6 is 0 Å². The van der Waals surface area contributed by atoms with E-state index >= 15 is 0 Å². The summed E-state index contributed by atoms with van der Waals surface area (Å²) in [5, 5.41) is 0. The molecule has 0 aliphatic heterocycles. The summed E-state index contributed by atoms with van der Waals surface area (Å²) in [5.41, 5.74) is 6.28. The Bertz CT molecular complexity index is 594. The maximum atomic E-state index is 14.0. The van der Waals surface area contributed by atoms with E-state index in [2.05, 4.69) is 0 Å². The summed E-state index contributed by atoms with van der Waals surface area (Å²) in [6.45, 7) is 0. The SMILES string of the molecule is COc1cc(F)c(C(N)c2ccccc2OC)c(F)c1. The van der Waals surface area contributed by atoms with Gasteiger partial charge in [0.1, 0.15) is 23.1 Å². The average Bonchev–Trinajstić information content (AvgIpc) is 2.46. The Morgan fingerprint density at radius 1 is 1.00 bits per heavy atom. The van der Waals surface area contributed by atoms with Crippen molar-refractivity contribution in [1.29, 1.82) is 0 Å². The molecule has 1 atom stereocenters. The van der Waals surface area contributed by atoms with Crippen LogP contribution in [-0.4, -0.2) is 14.2 Å². The molecule has 2 aromatic carbocycles. The van der Waals surface area contributed by atoms with Crippen LogP contribution < -0.4 is 15.2 Å². The molecular formula is C15H15F2NO2. The Morgan fingerprint density at radius 3 is 2.15 bits per heavy atom. The third kappa shape index (κ3) is 2.58. The predicted octanol–water partition coefficient (Wildman–Crippen LogP) is 3.03. The van der Waals surface area contributed by atoms with Crippen molar-refractivity contribution >= 4 is 0 Å². The molecule has 0 heterocycles. The minimum atomic E-state index is -0.961. The maximum Gasteiger partial charge on any atom is 0.134 e. The number of hydrogen-bond donors (Lipinski definition) is 1. The number of para-hydroxylation sites is 1. The van der Waals surface area contributed by atoms with Gasteiger partial charge >= 0.3 is 0 Å². The molecule has 0 aliphatic carbocycles. The van der Waals surface area contributed by atoms with Gasteiger partial charge in [-0.15, -0.1) is 0 Å². The second-order valence-corrected chi connectivity index (χ2v) is 4.22. The Kier molecular flexibility index (Phi) is 4.20. The number of halogens is 2. The van der Waals surface area contributed by atoms with Gasteiger partial charge in [-0.2, -0.15) is 0 Å². The van der Waals surface area contributed by atoms with Crippen molar-refractivity contribution < 1.29 is 18.3 Å². The molecule has 0 aliphatic rings. The fourth-order valence-electron chi connectivity index (χ4n) is 2.05. The fraction of sp³-hybridized carbons (Fsp3) is 0.200. The Labute approximate surface area is 115 Å². The number of methoxy groups -OCH3 is 2. The monoisotopic (exact) mass is 279 g/mol. The molecule has 0 bridgehead atoms. The number of nitrogens with two attached hydrogens (primary N) is 1. The van der Waals surface area contributed by atoms with Crippen molar-refractivity contribution in [3.63, 3.8) is 0 Å². The van der Waals surface area contributed by atoms with Gasteiger partial charge in [0, 0.05) is 23.3 Å². The molecule has 0 saturated carbocycles. The van der Waals surface area contributed by atoms with Gasteiger partial charge in [0.2, 0.25) is 0 Å². The second-order valence-electron chi connectivity index (χ2n) is 4.22. The van der Waals surface area contributed by atoms with Gasteiger partial charge in [-0.3, -0.25) is 0 Å². The first-order valence-electron chi connectivity index (χ1n) is 6.00. The lowest BCUT2D eigenvalue weighted by atomic mass is 9.97. The average molecular weight is 279 g/mol. The van der Waals surface area contributed by atoms with Gasteiger partial charge < -0.3 is 15.2 Å². The van der Waals surface area contributed by atoms with Gasteiger partial charge in [-0.05, 0) is 6.07 Å². The zero-order chi connectivity index (χ0) is 14.7. The zero-order valence-corrected chi connectivity index (χ0v) is 11.2. The maximum absolute atomic E-state index is 14.0. The molecule has 3 nitrogen and oxygen atoms in total. The van der Waals surface area contributed by atoms with Crippen LogP contribution in [0.4, 0.5) is 8.78 Å². The molecule has 1 unspecified atom stereocenters. The lowest BCUT2D eigenvalue weighted by Crippen LogP contribution is -2.16. The molecule has 2 rings (SSSR count). The standard InChI is InChI=1S/C15H15F2NO2/c1-19-9-7-11(16)14(12(17)8-9)15(18)10-5-3-4-6-13(10)20-2/h3-8,15H,18H2,1-2H3. The Morgan fingerprint density at radius 2 is 1.60 bits per heavy atom. The molecule has 0 aromatic heterocycles. The van der Waals surface area contributed by atoms with Gasteiger partial charge in [0.25, 0.3) is 0 Å². The molecular weight excluding hydrogens is 264 g/mol. The topological polar surface area (TPSA) is 44.5 Å². The van der Waals surface area contributed by atoms with Crippen molar-refractivity contribution in [2.24, 2.45) is 5.73 Å². The molecule has 106 valence electrons. The Hall–Kier alpha value is -2.14. The van der Waals surface area contributed by atoms with Crippen LogP contribution in [0.5, 0.6) is 11.5 Å². The summed E-state index contributed by atoms with van der Waals surface area (Å²) in [4.78, 5) is 0. The van der Waals surface area contributed by atoms with Gasteiger partial charge in [0.05, 0.1) is 20.3 Å². The van der Waals surface area contributed by atoms with Crippen LogP contribution in [0.15, 0.2) is 36.4 Å². The van der Waals surface area contributed by atoms with E-state index in [1.165, 1.54) is 14.2 Å². The third-order valence-electron chi connectivity index (χ3n) is 3.07. The molecule has 0 saturated heterocycles. The summed E-state index contributed by atoms with van der Waals surface area (Å²) >= 11 is 0. The van der Waals surface area contributed by atoms with E-state index in [-0.39, 0.29) is 11.3 Å². The molecule has 0 spiro atoms. The quantitative estimate of drug-likeness (QED) is 0.935. The minimum absolute atomic E-state index is 0.107. The van der Waals surface area contributed by atoms with Crippen LogP contribution in [0.2, 0.25) is 0 Å². The van der Waals surface area contributed by atoms with Crippen LogP contribution in [0.25, 0.3) is 0 Å². The van der Waals surface area contributed by atoms with E-state index in [1.54, 1.807) is 24.3 Å². The molecule has 0 amide bonds. The van der Waals surface area contributed by atoms with Crippen molar-refractivity contribution in [2.75, 3.05) is 14.2 Å². The van der Waals surface area contributed by atoms with Crippen LogP contribution in [0.1, 0.15) is 17.2 Å². The second kappa shape index (κ2) is 5.88. The first-order chi connectivity index (χ1) is 9.58. The third-order valence-corrected chi connectivity index (χ3v) is 3.07. The van der Waals surface area contributed by atoms with E-state index < -0.39 is 17.7 Å². The molecule has 5 heteroatoms. The van der Waals surface area contributed by atoms with E-state index in [9.17, 15) is 8.78 Å².